The molecule has 112 valence electrons. The number of carboxylic acid groups (broad SMARTS) is 1. The van der Waals surface area contributed by atoms with Crippen LogP contribution in [0.25, 0.3) is 0 Å². The van der Waals surface area contributed by atoms with Crippen LogP contribution in [0.5, 0.6) is 0 Å². The van der Waals surface area contributed by atoms with E-state index in [2.05, 4.69) is 4.98 Å². The van der Waals surface area contributed by atoms with E-state index in [0.717, 1.165) is 11.3 Å². The Morgan fingerprint density at radius 2 is 2.00 bits per heavy atom. The van der Waals surface area contributed by atoms with E-state index in [4.69, 9.17) is 5.11 Å². The number of sulfonamides is 1. The van der Waals surface area contributed by atoms with E-state index in [-0.39, 0.29) is 23.0 Å². The van der Waals surface area contributed by atoms with Crippen molar-refractivity contribution >= 4 is 32.5 Å². The highest BCUT2D eigenvalue weighted by Gasteiger charge is 2.25. The standard InChI is InChI=1S/C13H14N2O4S2/c1-2-15(13-14-10(9-20-13)8-12(16)17)21(18,19)11-6-4-3-5-7-11/h3-7,9H,2,8H2,1H3,(H,16,17). The molecule has 6 nitrogen and oxygen atoms in total. The minimum absolute atomic E-state index is 0.182. The first-order chi connectivity index (χ1) is 9.95. The highest BCUT2D eigenvalue weighted by atomic mass is 32.2. The van der Waals surface area contributed by atoms with Crippen molar-refractivity contribution in [3.8, 4) is 0 Å². The molecule has 2 rings (SSSR count). The molecule has 0 aliphatic rings. The molecule has 2 aromatic rings. The Balaban J connectivity index is 2.35. The molecule has 0 saturated carbocycles. The van der Waals surface area contributed by atoms with Gasteiger partial charge in [-0.2, -0.15) is 0 Å². The Morgan fingerprint density at radius 3 is 2.57 bits per heavy atom. The molecule has 8 heteroatoms. The Labute approximate surface area is 126 Å². The molecule has 0 aliphatic heterocycles. The first-order valence-corrected chi connectivity index (χ1v) is 8.51. The van der Waals surface area contributed by atoms with Crippen LogP contribution in [0.3, 0.4) is 0 Å². The molecule has 0 spiro atoms. The third-order valence-electron chi connectivity index (χ3n) is 2.70. The average molecular weight is 326 g/mol. The summed E-state index contributed by atoms with van der Waals surface area (Å²) < 4.78 is 26.3. The first-order valence-electron chi connectivity index (χ1n) is 6.19. The van der Waals surface area contributed by atoms with Gasteiger partial charge in [-0.05, 0) is 19.1 Å². The molecule has 0 amide bonds. The van der Waals surface area contributed by atoms with Gasteiger partial charge in [-0.1, -0.05) is 18.2 Å². The first kappa shape index (κ1) is 15.5. The third-order valence-corrected chi connectivity index (χ3v) is 5.61. The van der Waals surface area contributed by atoms with Crippen molar-refractivity contribution in [1.82, 2.24) is 4.98 Å². The monoisotopic (exact) mass is 326 g/mol. The normalized spacial score (nSPS) is 11.3. The van der Waals surface area contributed by atoms with E-state index in [1.54, 1.807) is 30.5 Å². The maximum absolute atomic E-state index is 12.6. The summed E-state index contributed by atoms with van der Waals surface area (Å²) in [6, 6.07) is 8.08. The van der Waals surface area contributed by atoms with Crippen LogP contribution in [0.15, 0.2) is 40.6 Å². The van der Waals surface area contributed by atoms with Gasteiger partial charge in [0.1, 0.15) is 0 Å². The van der Waals surface area contributed by atoms with Gasteiger partial charge in [0.05, 0.1) is 17.0 Å². The lowest BCUT2D eigenvalue weighted by Gasteiger charge is -2.19. The van der Waals surface area contributed by atoms with Crippen LogP contribution in [-0.2, 0) is 21.2 Å². The number of carbonyl (C=O) groups is 1. The third kappa shape index (κ3) is 3.40. The quantitative estimate of drug-likeness (QED) is 0.877. The highest BCUT2D eigenvalue weighted by Crippen LogP contribution is 2.26. The summed E-state index contributed by atoms with van der Waals surface area (Å²) in [7, 11) is -3.69. The van der Waals surface area contributed by atoms with E-state index < -0.39 is 16.0 Å². The van der Waals surface area contributed by atoms with Crippen LogP contribution in [0.2, 0.25) is 0 Å². The van der Waals surface area contributed by atoms with Crippen molar-refractivity contribution in [3.63, 3.8) is 0 Å². The minimum atomic E-state index is -3.69. The number of anilines is 1. The van der Waals surface area contributed by atoms with Crippen molar-refractivity contribution in [2.24, 2.45) is 0 Å². The lowest BCUT2D eigenvalue weighted by Crippen LogP contribution is -2.30. The fourth-order valence-corrected chi connectivity index (χ4v) is 4.33. The molecule has 1 aromatic heterocycles. The van der Waals surface area contributed by atoms with Gasteiger partial charge in [0.25, 0.3) is 10.0 Å². The number of rotatable bonds is 6. The summed E-state index contributed by atoms with van der Waals surface area (Å²) in [6.45, 7) is 1.93. The zero-order valence-corrected chi connectivity index (χ0v) is 12.9. The molecular weight excluding hydrogens is 312 g/mol. The lowest BCUT2D eigenvalue weighted by atomic mass is 10.3. The molecule has 0 aliphatic carbocycles. The van der Waals surface area contributed by atoms with Crippen LogP contribution in [-0.4, -0.2) is 31.0 Å². The van der Waals surface area contributed by atoms with E-state index in [1.165, 1.54) is 16.4 Å². The summed E-state index contributed by atoms with van der Waals surface area (Å²) in [5.41, 5.74) is 0.351. The number of hydrogen-bond donors (Lipinski definition) is 1. The molecular formula is C13H14N2O4S2. The number of thiazole rings is 1. The second-order valence-corrected chi connectivity index (χ2v) is 6.87. The van der Waals surface area contributed by atoms with Crippen LogP contribution in [0.4, 0.5) is 5.13 Å². The molecule has 0 unspecified atom stereocenters. The lowest BCUT2D eigenvalue weighted by molar-refractivity contribution is -0.136. The Morgan fingerprint density at radius 1 is 1.33 bits per heavy atom. The molecule has 0 radical (unpaired) electrons. The minimum Gasteiger partial charge on any atom is -0.481 e. The smallest absolute Gasteiger partial charge is 0.309 e. The van der Waals surface area contributed by atoms with Gasteiger partial charge in [0, 0.05) is 11.9 Å². The maximum atomic E-state index is 12.6. The number of benzene rings is 1. The van der Waals surface area contributed by atoms with Gasteiger partial charge < -0.3 is 5.11 Å². The average Bonchev–Trinajstić information content (AvgIpc) is 2.87. The van der Waals surface area contributed by atoms with Gasteiger partial charge in [-0.25, -0.2) is 17.7 Å². The predicted octanol–water partition coefficient (Wildman–Crippen LogP) is 1.99. The van der Waals surface area contributed by atoms with Gasteiger partial charge in [0.2, 0.25) is 0 Å². The second-order valence-electron chi connectivity index (χ2n) is 4.17. The molecule has 0 saturated heterocycles. The summed E-state index contributed by atoms with van der Waals surface area (Å²) in [4.78, 5) is 14.9. The summed E-state index contributed by atoms with van der Waals surface area (Å²) in [5.74, 6) is -0.999. The molecule has 21 heavy (non-hydrogen) atoms. The highest BCUT2D eigenvalue weighted by molar-refractivity contribution is 7.93. The van der Waals surface area contributed by atoms with Crippen molar-refractivity contribution in [2.45, 2.75) is 18.2 Å². The van der Waals surface area contributed by atoms with E-state index in [9.17, 15) is 13.2 Å². The molecule has 0 fully saturated rings. The molecule has 0 bridgehead atoms. The van der Waals surface area contributed by atoms with E-state index >= 15 is 0 Å². The predicted molar refractivity (Wildman–Crippen MR) is 80.1 cm³/mol. The molecule has 1 aromatic carbocycles. The number of aromatic nitrogens is 1. The van der Waals surface area contributed by atoms with Crippen molar-refractivity contribution in [1.29, 1.82) is 0 Å². The number of hydrogen-bond acceptors (Lipinski definition) is 5. The number of aliphatic carboxylic acids is 1. The second kappa shape index (κ2) is 6.23. The molecule has 0 atom stereocenters. The Hall–Kier alpha value is -1.93. The SMILES string of the molecule is CCN(c1nc(CC(=O)O)cs1)S(=O)(=O)c1ccccc1. The number of nitrogens with zero attached hydrogens (tertiary/aromatic N) is 2. The van der Waals surface area contributed by atoms with E-state index in [1.807, 2.05) is 0 Å². The van der Waals surface area contributed by atoms with Crippen LogP contribution in [0.1, 0.15) is 12.6 Å². The van der Waals surface area contributed by atoms with Gasteiger partial charge in [-0.15, -0.1) is 11.3 Å². The summed E-state index contributed by atoms with van der Waals surface area (Å²) in [6.07, 6.45) is -0.223. The van der Waals surface area contributed by atoms with Crippen molar-refractivity contribution in [2.75, 3.05) is 10.8 Å². The summed E-state index contributed by atoms with van der Waals surface area (Å²) in [5, 5.41) is 10.6. The van der Waals surface area contributed by atoms with Crippen molar-refractivity contribution in [3.05, 3.63) is 41.4 Å². The fourth-order valence-electron chi connectivity index (χ4n) is 1.77. The maximum Gasteiger partial charge on any atom is 0.309 e. The molecule has 1 heterocycles. The zero-order valence-electron chi connectivity index (χ0n) is 11.3. The largest absolute Gasteiger partial charge is 0.481 e. The van der Waals surface area contributed by atoms with Crippen molar-refractivity contribution < 1.29 is 18.3 Å². The van der Waals surface area contributed by atoms with Gasteiger partial charge >= 0.3 is 5.97 Å². The Bertz CT molecular complexity index is 726. The topological polar surface area (TPSA) is 87.6 Å². The van der Waals surface area contributed by atoms with Gasteiger partial charge in [-0.3, -0.25) is 4.79 Å². The number of carboxylic acids is 1. The van der Waals surface area contributed by atoms with Crippen LogP contribution < -0.4 is 4.31 Å². The van der Waals surface area contributed by atoms with E-state index in [0.29, 0.717) is 5.69 Å². The zero-order chi connectivity index (χ0) is 15.5. The van der Waals surface area contributed by atoms with Crippen LogP contribution >= 0.6 is 11.3 Å². The van der Waals surface area contributed by atoms with Crippen LogP contribution in [0, 0.1) is 0 Å². The summed E-state index contributed by atoms with van der Waals surface area (Å²) >= 11 is 1.12. The van der Waals surface area contributed by atoms with Gasteiger partial charge in [0.15, 0.2) is 5.13 Å². The fraction of sp³-hybridized carbons (Fsp3) is 0.231. The molecule has 1 N–H and O–H groups in total. The Kier molecular flexibility index (Phi) is 4.59.